The summed E-state index contributed by atoms with van der Waals surface area (Å²) in [6.45, 7) is 0.110. The fourth-order valence-electron chi connectivity index (χ4n) is 3.04. The number of nitrogens with two attached hydrogens (primary N) is 1. The van der Waals surface area contributed by atoms with Crippen molar-refractivity contribution in [2.75, 3.05) is 0 Å². The second kappa shape index (κ2) is 6.82. The van der Waals surface area contributed by atoms with Crippen LogP contribution in [-0.2, 0) is 17.2 Å². The first-order valence-electron chi connectivity index (χ1n) is 7.97. The molecule has 0 atom stereocenters. The minimum absolute atomic E-state index is 0.110. The molecule has 3 aromatic carbocycles. The first-order chi connectivity index (χ1) is 12.7. The van der Waals surface area contributed by atoms with Gasteiger partial charge in [0, 0.05) is 16.7 Å². The molecule has 132 valence electrons. The van der Waals surface area contributed by atoms with Gasteiger partial charge in [0.05, 0.1) is 16.7 Å². The molecule has 2 N–H and O–H groups in total. The first-order valence-corrected chi connectivity index (χ1v) is 8.73. The zero-order valence-corrected chi connectivity index (χ0v) is 15.1. The second-order valence-electron chi connectivity index (χ2n) is 5.85. The van der Waals surface area contributed by atoms with Crippen molar-refractivity contribution in [3.8, 4) is 11.5 Å². The Morgan fingerprint density at radius 1 is 0.846 bits per heavy atom. The maximum absolute atomic E-state index is 6.51. The summed E-state index contributed by atoms with van der Waals surface area (Å²) in [5.74, 6) is 4.77. The van der Waals surface area contributed by atoms with Gasteiger partial charge >= 0.3 is 5.79 Å². The summed E-state index contributed by atoms with van der Waals surface area (Å²) in [6, 6.07) is 21.0. The molecule has 0 amide bonds. The van der Waals surface area contributed by atoms with Crippen LogP contribution in [0.2, 0.25) is 10.0 Å². The van der Waals surface area contributed by atoms with Gasteiger partial charge in [0.15, 0.2) is 11.5 Å². The molecule has 26 heavy (non-hydrogen) atoms. The van der Waals surface area contributed by atoms with Gasteiger partial charge in [-0.15, -0.1) is 0 Å². The highest BCUT2D eigenvalue weighted by molar-refractivity contribution is 6.36. The molecule has 4 nitrogen and oxygen atoms in total. The standard InChI is InChI=1S/C20H15Cl2NO3/c21-16-11-13(12-24-23)17(22)19-18(16)25-20(26-19,14-7-3-1-4-8-14)15-9-5-2-6-10-15/h1-11H,12,23H2. The van der Waals surface area contributed by atoms with Gasteiger partial charge < -0.3 is 9.47 Å². The average molecular weight is 388 g/mol. The highest BCUT2D eigenvalue weighted by atomic mass is 35.5. The van der Waals surface area contributed by atoms with E-state index in [0.29, 0.717) is 27.1 Å². The predicted molar refractivity (Wildman–Crippen MR) is 100 cm³/mol. The third kappa shape index (κ3) is 2.72. The molecule has 0 saturated heterocycles. The Morgan fingerprint density at radius 2 is 1.38 bits per heavy atom. The van der Waals surface area contributed by atoms with Crippen LogP contribution in [0.15, 0.2) is 66.7 Å². The summed E-state index contributed by atoms with van der Waals surface area (Å²) in [4.78, 5) is 4.71. The topological polar surface area (TPSA) is 53.7 Å². The third-order valence-electron chi connectivity index (χ3n) is 4.24. The molecule has 0 aliphatic carbocycles. The Hall–Kier alpha value is -2.24. The van der Waals surface area contributed by atoms with Crippen LogP contribution < -0.4 is 15.4 Å². The Morgan fingerprint density at radius 3 is 1.92 bits per heavy atom. The monoisotopic (exact) mass is 387 g/mol. The number of fused-ring (bicyclic) bond motifs is 1. The van der Waals surface area contributed by atoms with Crippen LogP contribution >= 0.6 is 23.2 Å². The molecule has 1 aliphatic heterocycles. The van der Waals surface area contributed by atoms with E-state index in [0.717, 1.165) is 11.1 Å². The average Bonchev–Trinajstić information content (AvgIpc) is 3.11. The SMILES string of the molecule is NOCc1cc(Cl)c2c(c1Cl)OC(c1ccccc1)(c1ccccc1)O2. The lowest BCUT2D eigenvalue weighted by molar-refractivity contribution is -0.0458. The van der Waals surface area contributed by atoms with Crippen LogP contribution in [0.5, 0.6) is 11.5 Å². The van der Waals surface area contributed by atoms with Crippen molar-refractivity contribution in [1.82, 2.24) is 0 Å². The molecule has 3 aromatic rings. The second-order valence-corrected chi connectivity index (χ2v) is 6.64. The van der Waals surface area contributed by atoms with Crippen LogP contribution in [-0.4, -0.2) is 0 Å². The van der Waals surface area contributed by atoms with Crippen molar-refractivity contribution in [1.29, 1.82) is 0 Å². The van der Waals surface area contributed by atoms with Crippen molar-refractivity contribution in [3.63, 3.8) is 0 Å². The van der Waals surface area contributed by atoms with E-state index in [2.05, 4.69) is 0 Å². The Balaban J connectivity index is 1.90. The zero-order chi connectivity index (χ0) is 18.1. The smallest absolute Gasteiger partial charge is 0.305 e. The summed E-state index contributed by atoms with van der Waals surface area (Å²) >= 11 is 12.9. The predicted octanol–water partition coefficient (Wildman–Crippen LogP) is 5.06. The lowest BCUT2D eigenvalue weighted by Gasteiger charge is -2.28. The molecule has 0 fully saturated rings. The molecule has 6 heteroatoms. The molecule has 4 rings (SSSR count). The normalized spacial score (nSPS) is 14.4. The lowest BCUT2D eigenvalue weighted by atomic mass is 9.97. The Bertz CT molecular complexity index is 893. The highest BCUT2D eigenvalue weighted by Gasteiger charge is 2.47. The van der Waals surface area contributed by atoms with E-state index in [1.807, 2.05) is 60.7 Å². The van der Waals surface area contributed by atoms with E-state index in [1.54, 1.807) is 6.07 Å². The molecule has 0 aromatic heterocycles. The van der Waals surface area contributed by atoms with Crippen molar-refractivity contribution >= 4 is 23.2 Å². The highest BCUT2D eigenvalue weighted by Crippen LogP contribution is 2.54. The van der Waals surface area contributed by atoms with E-state index in [9.17, 15) is 0 Å². The molecule has 0 radical (unpaired) electrons. The molecule has 0 spiro atoms. The third-order valence-corrected chi connectivity index (χ3v) is 4.94. The fraction of sp³-hybridized carbons (Fsp3) is 0.100. The molecular formula is C20H15Cl2NO3. The summed E-state index contributed by atoms with van der Waals surface area (Å²) in [6.07, 6.45) is 0. The van der Waals surface area contributed by atoms with E-state index >= 15 is 0 Å². The summed E-state index contributed by atoms with van der Waals surface area (Å²) in [7, 11) is 0. The maximum Gasteiger partial charge on any atom is 0.305 e. The van der Waals surface area contributed by atoms with Crippen molar-refractivity contribution in [2.24, 2.45) is 5.90 Å². The van der Waals surface area contributed by atoms with Crippen LogP contribution in [0, 0.1) is 0 Å². The van der Waals surface area contributed by atoms with Crippen molar-refractivity contribution < 1.29 is 14.3 Å². The van der Waals surface area contributed by atoms with Gasteiger partial charge in [0.2, 0.25) is 0 Å². The number of halogens is 2. The van der Waals surface area contributed by atoms with E-state index in [4.69, 9.17) is 43.4 Å². The quantitative estimate of drug-likeness (QED) is 0.635. The number of hydrogen-bond acceptors (Lipinski definition) is 4. The van der Waals surface area contributed by atoms with Gasteiger partial charge in [-0.2, -0.15) is 0 Å². The molecule has 0 bridgehead atoms. The summed E-state index contributed by atoms with van der Waals surface area (Å²) in [5, 5.41) is 0.744. The largest absolute Gasteiger partial charge is 0.439 e. The molecule has 1 heterocycles. The van der Waals surface area contributed by atoms with E-state index < -0.39 is 5.79 Å². The van der Waals surface area contributed by atoms with Gasteiger partial charge in [-0.05, 0) is 6.07 Å². The number of benzene rings is 3. The van der Waals surface area contributed by atoms with Crippen LogP contribution in [0.25, 0.3) is 0 Å². The molecular weight excluding hydrogens is 373 g/mol. The fourth-order valence-corrected chi connectivity index (χ4v) is 3.53. The van der Waals surface area contributed by atoms with Gasteiger partial charge in [-0.3, -0.25) is 4.84 Å². The number of hydrogen-bond donors (Lipinski definition) is 1. The van der Waals surface area contributed by atoms with Gasteiger partial charge in [-0.25, -0.2) is 5.90 Å². The molecule has 0 saturated carbocycles. The van der Waals surface area contributed by atoms with Crippen LogP contribution in [0.1, 0.15) is 16.7 Å². The minimum atomic E-state index is -1.18. The first kappa shape index (κ1) is 17.2. The summed E-state index contributed by atoms with van der Waals surface area (Å²) in [5.41, 5.74) is 2.27. The molecule has 1 aliphatic rings. The number of rotatable bonds is 4. The lowest BCUT2D eigenvalue weighted by Crippen LogP contribution is -2.36. The summed E-state index contributed by atoms with van der Waals surface area (Å²) < 4.78 is 12.6. The minimum Gasteiger partial charge on any atom is -0.439 e. The van der Waals surface area contributed by atoms with Crippen molar-refractivity contribution in [3.05, 3.63) is 93.5 Å². The van der Waals surface area contributed by atoms with Gasteiger partial charge in [0.25, 0.3) is 0 Å². The molecule has 0 unspecified atom stereocenters. The van der Waals surface area contributed by atoms with Gasteiger partial charge in [0.1, 0.15) is 0 Å². The van der Waals surface area contributed by atoms with Crippen LogP contribution in [0.3, 0.4) is 0 Å². The Kier molecular flexibility index (Phi) is 4.51. The maximum atomic E-state index is 6.51. The van der Waals surface area contributed by atoms with Crippen LogP contribution in [0.4, 0.5) is 0 Å². The Labute approximate surface area is 161 Å². The zero-order valence-electron chi connectivity index (χ0n) is 13.6. The number of ether oxygens (including phenoxy) is 2. The van der Waals surface area contributed by atoms with Crippen molar-refractivity contribution in [2.45, 2.75) is 12.4 Å². The van der Waals surface area contributed by atoms with E-state index in [1.165, 1.54) is 0 Å². The van der Waals surface area contributed by atoms with E-state index in [-0.39, 0.29) is 6.61 Å². The van der Waals surface area contributed by atoms with Gasteiger partial charge in [-0.1, -0.05) is 83.9 Å².